The summed E-state index contributed by atoms with van der Waals surface area (Å²) in [6.07, 6.45) is 0. The molecule has 2 rings (SSSR count). The Hall–Kier alpha value is -1.07. The number of carbonyl (C=O) groups excluding carboxylic acids is 1. The molecule has 0 aliphatic carbocycles. The zero-order valence-corrected chi connectivity index (χ0v) is 12.6. The van der Waals surface area contributed by atoms with Gasteiger partial charge in [-0.3, -0.25) is 4.79 Å². The van der Waals surface area contributed by atoms with Crippen molar-refractivity contribution in [3.8, 4) is 0 Å². The minimum Gasteiger partial charge on any atom is -0.311 e. The van der Waals surface area contributed by atoms with Crippen LogP contribution < -0.4 is 4.90 Å². The van der Waals surface area contributed by atoms with Crippen LogP contribution in [0.2, 0.25) is 5.02 Å². The molecule has 0 unspecified atom stereocenters. The minimum atomic E-state index is -0.0699. The van der Waals surface area contributed by atoms with E-state index in [1.54, 1.807) is 24.1 Å². The predicted octanol–water partition coefficient (Wildman–Crippen LogP) is 4.22. The van der Waals surface area contributed by atoms with Crippen molar-refractivity contribution in [3.63, 3.8) is 0 Å². The molecule has 0 aliphatic rings. The van der Waals surface area contributed by atoms with Crippen LogP contribution in [-0.2, 0) is 0 Å². The first kappa shape index (κ1) is 13.4. The van der Waals surface area contributed by atoms with E-state index in [1.807, 2.05) is 36.4 Å². The van der Waals surface area contributed by atoms with Crippen molar-refractivity contribution in [3.05, 3.63) is 62.7 Å². The number of nitrogens with zero attached hydrogens (tertiary/aromatic N) is 1. The third-order valence-electron chi connectivity index (χ3n) is 2.61. The summed E-state index contributed by atoms with van der Waals surface area (Å²) in [5.41, 5.74) is 1.45. The molecular formula is C14H11ClINO. The van der Waals surface area contributed by atoms with Crippen LogP contribution in [0.3, 0.4) is 0 Å². The molecule has 18 heavy (non-hydrogen) atoms. The lowest BCUT2D eigenvalue weighted by Crippen LogP contribution is -2.26. The van der Waals surface area contributed by atoms with E-state index in [2.05, 4.69) is 22.6 Å². The Morgan fingerprint density at radius 3 is 2.44 bits per heavy atom. The molecular weight excluding hydrogens is 361 g/mol. The van der Waals surface area contributed by atoms with Gasteiger partial charge in [-0.25, -0.2) is 0 Å². The van der Waals surface area contributed by atoms with E-state index in [0.717, 1.165) is 9.26 Å². The van der Waals surface area contributed by atoms with Gasteiger partial charge in [-0.2, -0.15) is 0 Å². The average Bonchev–Trinajstić information content (AvgIpc) is 2.41. The Labute approximate surface area is 125 Å². The smallest absolute Gasteiger partial charge is 0.258 e. The van der Waals surface area contributed by atoms with Crippen LogP contribution in [0.4, 0.5) is 5.69 Å². The molecule has 2 aromatic rings. The van der Waals surface area contributed by atoms with Gasteiger partial charge in [0.25, 0.3) is 5.91 Å². The molecule has 0 radical (unpaired) electrons. The highest BCUT2D eigenvalue weighted by atomic mass is 127. The summed E-state index contributed by atoms with van der Waals surface area (Å²) in [4.78, 5) is 13.9. The zero-order valence-electron chi connectivity index (χ0n) is 9.73. The molecule has 0 saturated heterocycles. The molecule has 0 aliphatic heterocycles. The standard InChI is InChI=1S/C14H11ClINO/c1-17(11-5-3-2-4-6-11)14(18)10-7-8-13(16)12(15)9-10/h2-9H,1H3. The largest absolute Gasteiger partial charge is 0.311 e. The average molecular weight is 372 g/mol. The van der Waals surface area contributed by atoms with Crippen LogP contribution in [0.25, 0.3) is 0 Å². The Bertz CT molecular complexity index is 571. The number of halogens is 2. The highest BCUT2D eigenvalue weighted by Gasteiger charge is 2.14. The van der Waals surface area contributed by atoms with Gasteiger partial charge in [-0.15, -0.1) is 0 Å². The van der Waals surface area contributed by atoms with Gasteiger partial charge in [0.2, 0.25) is 0 Å². The summed E-state index contributed by atoms with van der Waals surface area (Å²) in [5.74, 6) is -0.0699. The molecule has 0 saturated carbocycles. The molecule has 0 atom stereocenters. The van der Waals surface area contributed by atoms with Gasteiger partial charge in [0, 0.05) is 21.9 Å². The van der Waals surface area contributed by atoms with Gasteiger partial charge in [-0.1, -0.05) is 29.8 Å². The van der Waals surface area contributed by atoms with E-state index in [0.29, 0.717) is 10.6 Å². The minimum absolute atomic E-state index is 0.0699. The number of rotatable bonds is 2. The van der Waals surface area contributed by atoms with Gasteiger partial charge in [0.1, 0.15) is 0 Å². The fourth-order valence-corrected chi connectivity index (χ4v) is 2.11. The Morgan fingerprint density at radius 2 is 1.83 bits per heavy atom. The Morgan fingerprint density at radius 1 is 1.17 bits per heavy atom. The lowest BCUT2D eigenvalue weighted by molar-refractivity contribution is 0.0993. The second-order valence-electron chi connectivity index (χ2n) is 3.83. The molecule has 2 aromatic carbocycles. The van der Waals surface area contributed by atoms with E-state index in [4.69, 9.17) is 11.6 Å². The lowest BCUT2D eigenvalue weighted by atomic mass is 10.2. The molecule has 0 N–H and O–H groups in total. The first-order valence-corrected chi connectivity index (χ1v) is 6.83. The number of amides is 1. The van der Waals surface area contributed by atoms with E-state index in [-0.39, 0.29) is 5.91 Å². The maximum Gasteiger partial charge on any atom is 0.258 e. The number of para-hydroxylation sites is 1. The number of hydrogen-bond donors (Lipinski definition) is 0. The number of benzene rings is 2. The summed E-state index contributed by atoms with van der Waals surface area (Å²) in [6.45, 7) is 0. The third kappa shape index (κ3) is 2.84. The van der Waals surface area contributed by atoms with Crippen molar-refractivity contribution >= 4 is 45.8 Å². The van der Waals surface area contributed by atoms with Crippen LogP contribution in [0.5, 0.6) is 0 Å². The number of carbonyl (C=O) groups is 1. The van der Waals surface area contributed by atoms with E-state index in [9.17, 15) is 4.79 Å². The SMILES string of the molecule is CN(C(=O)c1ccc(I)c(Cl)c1)c1ccccc1. The molecule has 0 fully saturated rings. The number of hydrogen-bond acceptors (Lipinski definition) is 1. The van der Waals surface area contributed by atoms with E-state index < -0.39 is 0 Å². The topological polar surface area (TPSA) is 20.3 Å². The van der Waals surface area contributed by atoms with E-state index in [1.165, 1.54) is 0 Å². The quantitative estimate of drug-likeness (QED) is 0.724. The Balaban J connectivity index is 2.29. The van der Waals surface area contributed by atoms with Crippen molar-refractivity contribution in [2.24, 2.45) is 0 Å². The molecule has 4 heteroatoms. The van der Waals surface area contributed by atoms with Crippen molar-refractivity contribution in [2.75, 3.05) is 11.9 Å². The molecule has 92 valence electrons. The maximum atomic E-state index is 12.3. The fraction of sp³-hybridized carbons (Fsp3) is 0.0714. The molecule has 1 amide bonds. The lowest BCUT2D eigenvalue weighted by Gasteiger charge is -2.17. The fourth-order valence-electron chi connectivity index (χ4n) is 1.59. The Kier molecular flexibility index (Phi) is 4.24. The van der Waals surface area contributed by atoms with Gasteiger partial charge in [-0.05, 0) is 52.9 Å². The predicted molar refractivity (Wildman–Crippen MR) is 83.3 cm³/mol. The van der Waals surface area contributed by atoms with Crippen LogP contribution >= 0.6 is 34.2 Å². The molecule has 0 aromatic heterocycles. The van der Waals surface area contributed by atoms with Gasteiger partial charge >= 0.3 is 0 Å². The third-order valence-corrected chi connectivity index (χ3v) is 4.19. The highest BCUT2D eigenvalue weighted by Crippen LogP contribution is 2.21. The van der Waals surface area contributed by atoms with E-state index >= 15 is 0 Å². The van der Waals surface area contributed by atoms with Crippen molar-refractivity contribution in [1.29, 1.82) is 0 Å². The zero-order chi connectivity index (χ0) is 13.1. The van der Waals surface area contributed by atoms with Crippen LogP contribution in [0.1, 0.15) is 10.4 Å². The first-order valence-electron chi connectivity index (χ1n) is 5.38. The van der Waals surface area contributed by atoms with Crippen LogP contribution in [-0.4, -0.2) is 13.0 Å². The first-order chi connectivity index (χ1) is 8.59. The van der Waals surface area contributed by atoms with Gasteiger partial charge in [0.15, 0.2) is 0 Å². The van der Waals surface area contributed by atoms with Crippen molar-refractivity contribution < 1.29 is 4.79 Å². The van der Waals surface area contributed by atoms with Gasteiger partial charge < -0.3 is 4.90 Å². The highest BCUT2D eigenvalue weighted by molar-refractivity contribution is 14.1. The summed E-state index contributed by atoms with van der Waals surface area (Å²) in [5, 5.41) is 0.600. The normalized spacial score (nSPS) is 10.2. The summed E-state index contributed by atoms with van der Waals surface area (Å²) in [6, 6.07) is 14.8. The second kappa shape index (κ2) is 5.71. The maximum absolute atomic E-state index is 12.3. The molecule has 0 bridgehead atoms. The molecule has 0 heterocycles. The summed E-state index contributed by atoms with van der Waals surface area (Å²) < 4.78 is 0.938. The van der Waals surface area contributed by atoms with Crippen LogP contribution in [0.15, 0.2) is 48.5 Å². The monoisotopic (exact) mass is 371 g/mol. The number of anilines is 1. The van der Waals surface area contributed by atoms with Gasteiger partial charge in [0.05, 0.1) is 5.02 Å². The van der Waals surface area contributed by atoms with Crippen molar-refractivity contribution in [2.45, 2.75) is 0 Å². The summed E-state index contributed by atoms with van der Waals surface area (Å²) >= 11 is 8.17. The molecule has 0 spiro atoms. The second-order valence-corrected chi connectivity index (χ2v) is 5.40. The van der Waals surface area contributed by atoms with Crippen molar-refractivity contribution in [1.82, 2.24) is 0 Å². The van der Waals surface area contributed by atoms with Crippen LogP contribution in [0, 0.1) is 3.57 Å². The molecule has 2 nitrogen and oxygen atoms in total. The summed E-state index contributed by atoms with van der Waals surface area (Å²) in [7, 11) is 1.75.